The van der Waals surface area contributed by atoms with E-state index in [9.17, 15) is 9.59 Å². The zero-order valence-corrected chi connectivity index (χ0v) is 18.0. The van der Waals surface area contributed by atoms with Crippen LogP contribution in [0.4, 0.5) is 5.69 Å². The predicted octanol–water partition coefficient (Wildman–Crippen LogP) is 3.84. The van der Waals surface area contributed by atoms with Crippen LogP contribution in [0.25, 0.3) is 22.2 Å². The average molecular weight is 431 g/mol. The van der Waals surface area contributed by atoms with Crippen LogP contribution in [0, 0.1) is 0 Å². The molecule has 2 aliphatic heterocycles. The molecule has 1 N–H and O–H groups in total. The third kappa shape index (κ3) is 3.97. The van der Waals surface area contributed by atoms with Gasteiger partial charge in [0.05, 0.1) is 30.0 Å². The summed E-state index contributed by atoms with van der Waals surface area (Å²) in [5.74, 6) is -0.642. The molecule has 1 aromatic heterocycles. The number of piperidine rings is 1. The highest BCUT2D eigenvalue weighted by molar-refractivity contribution is 6.07. The fraction of sp³-hybridized carbons (Fsp3) is 0.320. The van der Waals surface area contributed by atoms with Gasteiger partial charge in [0.2, 0.25) is 5.91 Å². The summed E-state index contributed by atoms with van der Waals surface area (Å²) < 4.78 is 11.6. The molecule has 7 nitrogen and oxygen atoms in total. The summed E-state index contributed by atoms with van der Waals surface area (Å²) in [5, 5.41) is 3.60. The van der Waals surface area contributed by atoms with Crippen molar-refractivity contribution >= 4 is 28.4 Å². The van der Waals surface area contributed by atoms with Crippen molar-refractivity contribution in [3.05, 3.63) is 60.2 Å². The number of carbonyl (C=O) groups is 2. The Labute approximate surface area is 186 Å². The van der Waals surface area contributed by atoms with E-state index in [-0.39, 0.29) is 11.8 Å². The lowest BCUT2D eigenvalue weighted by molar-refractivity contribution is -0.181. The number of nitrogens with zero attached hydrogens (tertiary/aromatic N) is 2. The van der Waals surface area contributed by atoms with Crippen LogP contribution in [-0.4, -0.2) is 53.8 Å². The first kappa shape index (κ1) is 20.6. The number of pyridine rings is 1. The first-order valence-corrected chi connectivity index (χ1v) is 10.9. The Morgan fingerprint density at radius 3 is 2.38 bits per heavy atom. The largest absolute Gasteiger partial charge is 0.347 e. The molecule has 2 amide bonds. The van der Waals surface area contributed by atoms with Crippen LogP contribution in [-0.2, 0) is 14.3 Å². The van der Waals surface area contributed by atoms with Crippen molar-refractivity contribution in [2.75, 3.05) is 31.6 Å². The van der Waals surface area contributed by atoms with Gasteiger partial charge >= 0.3 is 0 Å². The Balaban J connectivity index is 1.46. The van der Waals surface area contributed by atoms with Crippen molar-refractivity contribution in [1.29, 1.82) is 0 Å². The van der Waals surface area contributed by atoms with Gasteiger partial charge in [0.1, 0.15) is 0 Å². The van der Waals surface area contributed by atoms with Crippen LogP contribution < -0.4 is 5.32 Å². The Hall–Kier alpha value is -3.29. The molecule has 0 saturated carbocycles. The Morgan fingerprint density at radius 1 is 1.00 bits per heavy atom. The second kappa shape index (κ2) is 8.33. The zero-order valence-electron chi connectivity index (χ0n) is 18.0. The van der Waals surface area contributed by atoms with Crippen LogP contribution in [0.2, 0.25) is 0 Å². The maximum absolute atomic E-state index is 13.5. The van der Waals surface area contributed by atoms with Gasteiger partial charge in [-0.2, -0.15) is 0 Å². The molecule has 7 heteroatoms. The number of carbonyl (C=O) groups excluding carboxylic acids is 2. The number of amides is 2. The second-order valence-corrected chi connectivity index (χ2v) is 8.23. The molecule has 0 aliphatic carbocycles. The topological polar surface area (TPSA) is 80.8 Å². The van der Waals surface area contributed by atoms with Gasteiger partial charge in [-0.3, -0.25) is 9.59 Å². The minimum absolute atomic E-state index is 0.00689. The fourth-order valence-electron chi connectivity index (χ4n) is 4.43. The van der Waals surface area contributed by atoms with Gasteiger partial charge in [-0.05, 0) is 24.3 Å². The number of likely N-dealkylation sites (tertiary alicyclic amines) is 1. The Morgan fingerprint density at radius 2 is 1.69 bits per heavy atom. The molecule has 0 atom stereocenters. The maximum Gasteiger partial charge on any atom is 0.254 e. The molecule has 1 spiro atoms. The average Bonchev–Trinajstić information content (AvgIpc) is 3.26. The number of benzene rings is 2. The van der Waals surface area contributed by atoms with Crippen molar-refractivity contribution in [3.8, 4) is 11.3 Å². The van der Waals surface area contributed by atoms with Crippen LogP contribution in [0.15, 0.2) is 54.6 Å². The van der Waals surface area contributed by atoms with Gasteiger partial charge in [0.25, 0.3) is 5.91 Å². The molecule has 0 bridgehead atoms. The van der Waals surface area contributed by atoms with Crippen LogP contribution in [0.5, 0.6) is 0 Å². The Kier molecular flexibility index (Phi) is 5.36. The molecule has 0 radical (unpaired) electrons. The number of para-hydroxylation sites is 1. The van der Waals surface area contributed by atoms with Gasteiger partial charge in [-0.15, -0.1) is 0 Å². The third-order valence-electron chi connectivity index (χ3n) is 6.07. The van der Waals surface area contributed by atoms with E-state index in [4.69, 9.17) is 14.5 Å². The number of rotatable bonds is 3. The molecule has 32 heavy (non-hydrogen) atoms. The molecular weight excluding hydrogens is 406 g/mol. The van der Waals surface area contributed by atoms with Crippen molar-refractivity contribution in [2.45, 2.75) is 25.6 Å². The summed E-state index contributed by atoms with van der Waals surface area (Å²) in [7, 11) is 0. The molecule has 5 rings (SSSR count). The van der Waals surface area contributed by atoms with E-state index in [1.165, 1.54) is 6.92 Å². The van der Waals surface area contributed by atoms with E-state index in [1.54, 1.807) is 0 Å². The number of ether oxygens (including phenoxy) is 2. The molecular formula is C25H25N3O4. The lowest BCUT2D eigenvalue weighted by Crippen LogP contribution is -2.47. The molecule has 3 aromatic rings. The minimum Gasteiger partial charge on any atom is -0.347 e. The number of nitrogens with one attached hydrogen (secondary N) is 1. The van der Waals surface area contributed by atoms with Crippen LogP contribution in [0.1, 0.15) is 30.1 Å². The molecule has 2 aliphatic rings. The standard InChI is InChI=1S/C25H25N3O4/c1-17(29)26-19-8-6-18(7-9-19)23-16-21(20-4-2-3-5-22(20)27-23)24(30)28-12-10-25(11-13-28)31-14-15-32-25/h2-9,16H,10-15H2,1H3,(H,26,29). The smallest absolute Gasteiger partial charge is 0.254 e. The highest BCUT2D eigenvalue weighted by Gasteiger charge is 2.41. The van der Waals surface area contributed by atoms with Gasteiger partial charge < -0.3 is 19.7 Å². The predicted molar refractivity (Wildman–Crippen MR) is 121 cm³/mol. The van der Waals surface area contributed by atoms with Gasteiger partial charge in [-0.25, -0.2) is 4.98 Å². The first-order valence-electron chi connectivity index (χ1n) is 10.9. The SMILES string of the molecule is CC(=O)Nc1ccc(-c2cc(C(=O)N3CCC4(CC3)OCCO4)c3ccccc3n2)cc1. The lowest BCUT2D eigenvalue weighted by atomic mass is 10.00. The monoisotopic (exact) mass is 431 g/mol. The van der Waals surface area contributed by atoms with E-state index in [0.29, 0.717) is 44.7 Å². The third-order valence-corrected chi connectivity index (χ3v) is 6.07. The van der Waals surface area contributed by atoms with E-state index in [0.717, 1.165) is 27.8 Å². The first-order chi connectivity index (χ1) is 15.5. The van der Waals surface area contributed by atoms with E-state index < -0.39 is 5.79 Å². The zero-order chi connectivity index (χ0) is 22.1. The number of hydrogen-bond donors (Lipinski definition) is 1. The lowest BCUT2D eigenvalue weighted by Gasteiger charge is -2.37. The second-order valence-electron chi connectivity index (χ2n) is 8.23. The van der Waals surface area contributed by atoms with Crippen LogP contribution in [0.3, 0.4) is 0 Å². The molecule has 2 aromatic carbocycles. The summed E-state index contributed by atoms with van der Waals surface area (Å²) in [5.41, 5.74) is 3.73. The summed E-state index contributed by atoms with van der Waals surface area (Å²) in [4.78, 5) is 31.5. The van der Waals surface area contributed by atoms with Crippen molar-refractivity contribution in [1.82, 2.24) is 9.88 Å². The molecule has 2 fully saturated rings. The van der Waals surface area contributed by atoms with Gasteiger partial charge in [0, 0.05) is 49.5 Å². The quantitative estimate of drug-likeness (QED) is 0.682. The van der Waals surface area contributed by atoms with Gasteiger partial charge in [0.15, 0.2) is 5.79 Å². The number of hydrogen-bond acceptors (Lipinski definition) is 5. The summed E-state index contributed by atoms with van der Waals surface area (Å²) in [6, 6.07) is 17.0. The fourth-order valence-corrected chi connectivity index (χ4v) is 4.43. The summed E-state index contributed by atoms with van der Waals surface area (Å²) in [6.45, 7) is 3.90. The van der Waals surface area contributed by atoms with Crippen molar-refractivity contribution < 1.29 is 19.1 Å². The van der Waals surface area contributed by atoms with Crippen molar-refractivity contribution in [2.24, 2.45) is 0 Å². The molecule has 164 valence electrons. The van der Waals surface area contributed by atoms with E-state index in [1.807, 2.05) is 59.5 Å². The molecule has 2 saturated heterocycles. The van der Waals surface area contributed by atoms with E-state index >= 15 is 0 Å². The number of aromatic nitrogens is 1. The maximum atomic E-state index is 13.5. The van der Waals surface area contributed by atoms with Crippen molar-refractivity contribution in [3.63, 3.8) is 0 Å². The summed E-state index contributed by atoms with van der Waals surface area (Å²) in [6.07, 6.45) is 1.36. The molecule has 0 unspecified atom stereocenters. The summed E-state index contributed by atoms with van der Waals surface area (Å²) >= 11 is 0. The minimum atomic E-state index is -0.516. The Bertz CT molecular complexity index is 1160. The normalized spacial score (nSPS) is 17.6. The van der Waals surface area contributed by atoms with Crippen LogP contribution >= 0.6 is 0 Å². The number of anilines is 1. The highest BCUT2D eigenvalue weighted by atomic mass is 16.7. The molecule has 3 heterocycles. The highest BCUT2D eigenvalue weighted by Crippen LogP contribution is 2.33. The van der Waals surface area contributed by atoms with E-state index in [2.05, 4.69) is 5.32 Å². The number of fused-ring (bicyclic) bond motifs is 1. The van der Waals surface area contributed by atoms with Gasteiger partial charge in [-0.1, -0.05) is 30.3 Å².